The van der Waals surface area contributed by atoms with Crippen LogP contribution in [0.1, 0.15) is 30.5 Å². The van der Waals surface area contributed by atoms with E-state index in [9.17, 15) is 4.79 Å². The number of carbonyl (C=O) groups is 1. The van der Waals surface area contributed by atoms with Crippen molar-refractivity contribution in [2.24, 2.45) is 0 Å². The third-order valence-corrected chi connectivity index (χ3v) is 6.18. The Hall–Kier alpha value is -2.05. The Morgan fingerprint density at radius 3 is 2.96 bits per heavy atom. The van der Waals surface area contributed by atoms with Gasteiger partial charge in [0.05, 0.1) is 15.7 Å². The maximum absolute atomic E-state index is 12.7. The number of nitrogens with two attached hydrogens (primary N) is 1. The number of aromatic nitrogens is 2. The van der Waals surface area contributed by atoms with Crippen molar-refractivity contribution in [3.63, 3.8) is 0 Å². The van der Waals surface area contributed by atoms with Crippen LogP contribution in [0.25, 0.3) is 0 Å². The van der Waals surface area contributed by atoms with Gasteiger partial charge in [0.25, 0.3) is 5.91 Å². The molecule has 0 radical (unpaired) electrons. The molecule has 4 rings (SSSR count). The maximum Gasteiger partial charge on any atom is 0.260 e. The number of piperidine rings is 1. The van der Waals surface area contributed by atoms with Gasteiger partial charge in [0.15, 0.2) is 6.61 Å². The zero-order valence-corrected chi connectivity index (χ0v) is 16.3. The number of anilines is 1. The minimum atomic E-state index is -0.121. The number of hydrogen-bond acceptors (Lipinski definition) is 5. The number of nitrogen functional groups attached to an aromatic ring is 1. The lowest BCUT2D eigenvalue weighted by Gasteiger charge is -2.40. The molecule has 1 saturated heterocycles. The second kappa shape index (κ2) is 7.17. The Morgan fingerprint density at radius 2 is 2.15 bits per heavy atom. The lowest BCUT2D eigenvalue weighted by Crippen LogP contribution is -2.49. The molecule has 2 N–H and O–H groups in total. The zero-order valence-electron chi connectivity index (χ0n) is 14.8. The molecule has 1 atom stereocenters. The van der Waals surface area contributed by atoms with Gasteiger partial charge in [-0.1, -0.05) is 23.2 Å². The van der Waals surface area contributed by atoms with E-state index in [1.165, 1.54) is 0 Å². The molecule has 0 bridgehead atoms. The van der Waals surface area contributed by atoms with E-state index < -0.39 is 0 Å². The first-order valence-corrected chi connectivity index (χ1v) is 9.70. The van der Waals surface area contributed by atoms with Crippen molar-refractivity contribution in [3.8, 4) is 5.75 Å². The Balaban J connectivity index is 1.45. The largest absolute Gasteiger partial charge is 0.484 e. The molecule has 142 valence electrons. The van der Waals surface area contributed by atoms with Crippen molar-refractivity contribution >= 4 is 35.1 Å². The number of ether oxygens (including phenoxy) is 1. The predicted molar refractivity (Wildman–Crippen MR) is 104 cm³/mol. The number of fused-ring (bicyclic) bond motifs is 2. The summed E-state index contributed by atoms with van der Waals surface area (Å²) in [6, 6.07) is 4.97. The highest BCUT2D eigenvalue weighted by molar-refractivity contribution is 6.42. The van der Waals surface area contributed by atoms with Crippen LogP contribution in [-0.4, -0.2) is 40.5 Å². The molecule has 0 saturated carbocycles. The van der Waals surface area contributed by atoms with E-state index in [-0.39, 0.29) is 17.9 Å². The number of carbonyl (C=O) groups excluding carboxylic acids is 1. The second-order valence-electron chi connectivity index (χ2n) is 7.17. The minimum Gasteiger partial charge on any atom is -0.484 e. The van der Waals surface area contributed by atoms with Crippen LogP contribution in [0.2, 0.25) is 10.0 Å². The summed E-state index contributed by atoms with van der Waals surface area (Å²) in [7, 11) is 0. The maximum atomic E-state index is 12.7. The molecular weight excluding hydrogens is 387 g/mol. The monoisotopic (exact) mass is 406 g/mol. The van der Waals surface area contributed by atoms with Gasteiger partial charge in [0.1, 0.15) is 5.75 Å². The Kier molecular flexibility index (Phi) is 4.86. The van der Waals surface area contributed by atoms with E-state index in [1.807, 2.05) is 11.1 Å². The summed E-state index contributed by atoms with van der Waals surface area (Å²) in [6.07, 6.45) is 5.66. The molecule has 1 spiro atoms. The number of rotatable bonds is 3. The van der Waals surface area contributed by atoms with Gasteiger partial charge >= 0.3 is 0 Å². The molecule has 2 aliphatic rings. The molecule has 1 aliphatic carbocycles. The molecule has 1 unspecified atom stereocenters. The molecule has 1 aromatic heterocycles. The molecular formula is C19H20Cl2N4O2. The van der Waals surface area contributed by atoms with Crippen molar-refractivity contribution in [2.75, 3.05) is 25.4 Å². The average Bonchev–Trinajstić information content (AvgIpc) is 3.00. The van der Waals surface area contributed by atoms with Crippen molar-refractivity contribution in [3.05, 3.63) is 45.7 Å². The lowest BCUT2D eigenvalue weighted by atomic mass is 9.77. The van der Waals surface area contributed by atoms with Gasteiger partial charge in [-0.2, -0.15) is 0 Å². The van der Waals surface area contributed by atoms with Crippen LogP contribution >= 0.6 is 23.2 Å². The summed E-state index contributed by atoms with van der Waals surface area (Å²) in [5, 5.41) is 0.854. The normalized spacial score (nSPS) is 21.3. The summed E-state index contributed by atoms with van der Waals surface area (Å²) >= 11 is 11.9. The van der Waals surface area contributed by atoms with Gasteiger partial charge in [-0.3, -0.25) is 4.79 Å². The standard InChI is InChI=1S/C19H20Cl2N4O2/c20-14-3-2-13(8-15(14)21)27-10-16(26)25-7-1-5-19(11-25)6-4-12-9-23-18(22)24-17(12)19/h2-3,8-9H,1,4-7,10-11H2,(H2,22,23,24). The summed E-state index contributed by atoms with van der Waals surface area (Å²) in [5.41, 5.74) is 7.84. The van der Waals surface area contributed by atoms with Crippen molar-refractivity contribution < 1.29 is 9.53 Å². The van der Waals surface area contributed by atoms with Gasteiger partial charge < -0.3 is 15.4 Å². The Bertz CT molecular complexity index is 888. The number of amides is 1. The highest BCUT2D eigenvalue weighted by Crippen LogP contribution is 2.44. The third-order valence-electron chi connectivity index (χ3n) is 5.44. The molecule has 1 aromatic carbocycles. The molecule has 2 heterocycles. The van der Waals surface area contributed by atoms with Crippen LogP contribution < -0.4 is 10.5 Å². The van der Waals surface area contributed by atoms with Crippen molar-refractivity contribution in [2.45, 2.75) is 31.1 Å². The van der Waals surface area contributed by atoms with Crippen molar-refractivity contribution in [1.82, 2.24) is 14.9 Å². The summed E-state index contributed by atoms with van der Waals surface area (Å²) in [6.45, 7) is 1.33. The van der Waals surface area contributed by atoms with Crippen LogP contribution in [0.3, 0.4) is 0 Å². The zero-order chi connectivity index (χ0) is 19.0. The predicted octanol–water partition coefficient (Wildman–Crippen LogP) is 3.25. The van der Waals surface area contributed by atoms with E-state index in [2.05, 4.69) is 9.97 Å². The number of hydrogen-bond donors (Lipinski definition) is 1. The fourth-order valence-electron chi connectivity index (χ4n) is 4.10. The van der Waals surface area contributed by atoms with Crippen LogP contribution in [-0.2, 0) is 16.6 Å². The van der Waals surface area contributed by atoms with Crippen LogP contribution in [0.4, 0.5) is 5.95 Å². The van der Waals surface area contributed by atoms with Crippen LogP contribution in [0, 0.1) is 0 Å². The smallest absolute Gasteiger partial charge is 0.260 e. The summed E-state index contributed by atoms with van der Waals surface area (Å²) in [5.74, 6) is 0.772. The van der Waals surface area contributed by atoms with E-state index in [0.29, 0.717) is 28.3 Å². The first-order chi connectivity index (χ1) is 13.0. The molecule has 1 aliphatic heterocycles. The highest BCUT2D eigenvalue weighted by atomic mass is 35.5. The van der Waals surface area contributed by atoms with Gasteiger partial charge in [-0.25, -0.2) is 9.97 Å². The quantitative estimate of drug-likeness (QED) is 0.845. The van der Waals surface area contributed by atoms with E-state index in [4.69, 9.17) is 33.7 Å². The summed E-state index contributed by atoms with van der Waals surface area (Å²) in [4.78, 5) is 23.2. The molecule has 1 fully saturated rings. The van der Waals surface area contributed by atoms with Crippen LogP contribution in [0.5, 0.6) is 5.75 Å². The summed E-state index contributed by atoms with van der Waals surface area (Å²) < 4.78 is 5.62. The topological polar surface area (TPSA) is 81.3 Å². The van der Waals surface area contributed by atoms with E-state index >= 15 is 0 Å². The van der Waals surface area contributed by atoms with Gasteiger partial charge in [0.2, 0.25) is 5.95 Å². The molecule has 8 heteroatoms. The SMILES string of the molecule is Nc1ncc2c(n1)C1(CCCN(C(=O)COc3ccc(Cl)c(Cl)c3)C1)CC2. The van der Waals surface area contributed by atoms with Gasteiger partial charge in [-0.05, 0) is 43.4 Å². The number of benzene rings is 1. The van der Waals surface area contributed by atoms with E-state index in [0.717, 1.165) is 43.5 Å². The van der Waals surface area contributed by atoms with E-state index in [1.54, 1.807) is 18.2 Å². The Morgan fingerprint density at radius 1 is 1.30 bits per heavy atom. The van der Waals surface area contributed by atoms with Crippen molar-refractivity contribution in [1.29, 1.82) is 0 Å². The van der Waals surface area contributed by atoms with Crippen LogP contribution in [0.15, 0.2) is 24.4 Å². The Labute approximate surface area is 167 Å². The second-order valence-corrected chi connectivity index (χ2v) is 7.98. The number of halogens is 2. The number of nitrogens with zero attached hydrogens (tertiary/aromatic N) is 3. The molecule has 6 nitrogen and oxygen atoms in total. The average molecular weight is 407 g/mol. The minimum absolute atomic E-state index is 0.0349. The fraction of sp³-hybridized carbons (Fsp3) is 0.421. The highest BCUT2D eigenvalue weighted by Gasteiger charge is 2.44. The molecule has 1 amide bonds. The molecule has 2 aromatic rings. The van der Waals surface area contributed by atoms with Gasteiger partial charge in [0, 0.05) is 30.8 Å². The fourth-order valence-corrected chi connectivity index (χ4v) is 4.39. The first kappa shape index (κ1) is 18.3. The molecule has 27 heavy (non-hydrogen) atoms. The lowest BCUT2D eigenvalue weighted by molar-refractivity contribution is -0.135. The number of likely N-dealkylation sites (tertiary alicyclic amines) is 1. The number of aryl methyl sites for hydroxylation is 1. The third kappa shape index (κ3) is 3.56. The first-order valence-electron chi connectivity index (χ1n) is 8.94. The van der Waals surface area contributed by atoms with Gasteiger partial charge in [-0.15, -0.1) is 0 Å².